The Morgan fingerprint density at radius 2 is 2.00 bits per heavy atom. The molecule has 4 radical (unpaired) electrons. The second-order valence-corrected chi connectivity index (χ2v) is 0.707. The zero-order valence-electron chi connectivity index (χ0n) is 2.06. The number of hydrogen-bond acceptors (Lipinski definition) is 2. The molecule has 0 aromatic rings. The van der Waals surface area contributed by atoms with Gasteiger partial charge in [0.05, 0.1) is 0 Å². The van der Waals surface area contributed by atoms with Crippen molar-refractivity contribution in [3.63, 3.8) is 0 Å². The first-order valence-corrected chi connectivity index (χ1v) is 1.61. The second-order valence-electron chi connectivity index (χ2n) is 0.236. The van der Waals surface area contributed by atoms with Crippen LogP contribution in [-0.2, 0) is 0 Å². The van der Waals surface area contributed by atoms with E-state index in [0.717, 1.165) is 11.8 Å². The van der Waals surface area contributed by atoms with Gasteiger partial charge in [0, 0.05) is 0 Å². The summed E-state index contributed by atoms with van der Waals surface area (Å²) in [7, 11) is 9.32. The largest absolute Gasteiger partial charge is 0.327 e. The van der Waals surface area contributed by atoms with E-state index >= 15 is 0 Å². The Morgan fingerprint density at radius 3 is 2.00 bits per heavy atom. The molecule has 4 heteroatoms. The highest BCUT2D eigenvalue weighted by Gasteiger charge is 1.51. The molecule has 18 valence electrons. The van der Waals surface area contributed by atoms with E-state index < -0.39 is 0 Å². The molecule has 0 saturated heterocycles. The topological polar surface area (TPSA) is 12.0 Å². The molecule has 0 rings (SSSR count). The molecule has 0 heterocycles. The zero-order valence-corrected chi connectivity index (χ0v) is 2.88. The Morgan fingerprint density at radius 1 is 1.75 bits per heavy atom. The van der Waals surface area contributed by atoms with Crippen LogP contribution in [0.2, 0.25) is 0 Å². The van der Waals surface area contributed by atoms with Gasteiger partial charge in [0.25, 0.3) is 0 Å². The van der Waals surface area contributed by atoms with E-state index in [4.69, 9.17) is 7.12 Å². The summed E-state index contributed by atoms with van der Waals surface area (Å²) >= 11 is 0.884. The highest BCUT2D eigenvalue weighted by Crippen LogP contribution is 1.67. The minimum absolute atomic E-state index is 0.884. The lowest BCUT2D eigenvalue weighted by Gasteiger charge is -1.76. The van der Waals surface area contributed by atoms with Gasteiger partial charge in [-0.05, 0) is 0 Å². The molecule has 0 aromatic heterocycles. The summed E-state index contributed by atoms with van der Waals surface area (Å²) in [5.74, 6) is 0. The van der Waals surface area contributed by atoms with Gasteiger partial charge in [0.15, 0.2) is 15.1 Å². The summed E-state index contributed by atoms with van der Waals surface area (Å²) in [5, 5.41) is 0. The van der Waals surface area contributed by atoms with Crippen LogP contribution in [0.15, 0.2) is 0 Å². The maximum Gasteiger partial charge on any atom is 0.193 e. The van der Waals surface area contributed by atoms with Gasteiger partial charge in [-0.1, -0.05) is 0 Å². The van der Waals surface area contributed by atoms with Crippen molar-refractivity contribution in [2.24, 2.45) is 0 Å². The molecule has 0 aliphatic carbocycles. The predicted molar refractivity (Wildman–Crippen MR) is 22.2 cm³/mol. The summed E-state index contributed by atoms with van der Waals surface area (Å²) in [4.78, 5) is 0. The summed E-state index contributed by atoms with van der Waals surface area (Å²) in [6.07, 6.45) is 0. The van der Waals surface area contributed by atoms with Crippen LogP contribution in [-0.4, -0.2) is 15.1 Å². The Kier molecular flexibility index (Phi) is 3.82. The SMILES string of the molecule is [B]NS[B]. The average molecular weight is 68.7 g/mol. The van der Waals surface area contributed by atoms with Crippen LogP contribution in [0.1, 0.15) is 0 Å². The molecule has 0 aliphatic rings. The minimum Gasteiger partial charge on any atom is -0.327 e. The maximum absolute atomic E-state index is 4.71. The highest BCUT2D eigenvalue weighted by atomic mass is 32.2. The van der Waals surface area contributed by atoms with Crippen molar-refractivity contribution >= 4 is 26.9 Å². The van der Waals surface area contributed by atoms with Crippen LogP contribution < -0.4 is 4.63 Å². The van der Waals surface area contributed by atoms with Crippen molar-refractivity contribution in [2.75, 3.05) is 0 Å². The van der Waals surface area contributed by atoms with Gasteiger partial charge in [-0.3, -0.25) is 0 Å². The van der Waals surface area contributed by atoms with Crippen molar-refractivity contribution in [3.05, 3.63) is 0 Å². The van der Waals surface area contributed by atoms with Crippen LogP contribution in [0.25, 0.3) is 0 Å². The fourth-order valence-corrected chi connectivity index (χ4v) is 0. The monoisotopic (exact) mass is 69.0 g/mol. The molecule has 4 heavy (non-hydrogen) atoms. The Bertz CT molecular complexity index is 8.00. The van der Waals surface area contributed by atoms with E-state index in [1.807, 2.05) is 0 Å². The average Bonchev–Trinajstić information content (AvgIpc) is 1.37. The lowest BCUT2D eigenvalue weighted by atomic mass is 10.5. The first-order chi connectivity index (χ1) is 1.91. The summed E-state index contributed by atoms with van der Waals surface area (Å²) in [5.41, 5.74) is 0. The third kappa shape index (κ3) is 2.44. The van der Waals surface area contributed by atoms with Gasteiger partial charge >= 0.3 is 0 Å². The minimum atomic E-state index is 0.884. The predicted octanol–water partition coefficient (Wildman–Crippen LogP) is -0.609. The quantitative estimate of drug-likeness (QED) is 0.325. The number of nitrogens with one attached hydrogen (secondary N) is 1. The fourth-order valence-electron chi connectivity index (χ4n) is 0. The molecular formula is HB2NS. The van der Waals surface area contributed by atoms with E-state index in [0.29, 0.717) is 0 Å². The molecule has 1 N–H and O–H groups in total. The van der Waals surface area contributed by atoms with Gasteiger partial charge in [-0.2, -0.15) is 11.8 Å². The van der Waals surface area contributed by atoms with E-state index in [-0.39, 0.29) is 0 Å². The van der Waals surface area contributed by atoms with Gasteiger partial charge in [-0.15, -0.1) is 0 Å². The molecule has 0 bridgehead atoms. The molecule has 0 saturated carbocycles. The van der Waals surface area contributed by atoms with Crippen molar-refractivity contribution in [2.45, 2.75) is 0 Å². The molecule has 0 atom stereocenters. The van der Waals surface area contributed by atoms with Gasteiger partial charge in [0.1, 0.15) is 0 Å². The van der Waals surface area contributed by atoms with E-state index in [2.05, 4.69) is 12.6 Å². The van der Waals surface area contributed by atoms with Gasteiger partial charge in [0.2, 0.25) is 0 Å². The molecular weight excluding hydrogens is 67.7 g/mol. The first-order valence-electron chi connectivity index (χ1n) is 0.729. The van der Waals surface area contributed by atoms with Crippen molar-refractivity contribution < 1.29 is 0 Å². The van der Waals surface area contributed by atoms with E-state index in [9.17, 15) is 0 Å². The number of rotatable bonds is 1. The second kappa shape index (κ2) is 3.44. The van der Waals surface area contributed by atoms with Crippen LogP contribution in [0, 0.1) is 0 Å². The number of hydrogen-bond donors (Lipinski definition) is 1. The molecule has 1 nitrogen and oxygen atoms in total. The molecule has 0 amide bonds. The molecule has 0 aromatic carbocycles. The standard InChI is InChI=1S/B2HNS/c1-3-4-2/h3H. The van der Waals surface area contributed by atoms with Crippen molar-refractivity contribution in [1.82, 2.24) is 4.63 Å². The lowest BCUT2D eigenvalue weighted by Crippen LogP contribution is -1.90. The Balaban J connectivity index is 1.97. The third-order valence-electron chi connectivity index (χ3n) is 0.0680. The molecule has 0 unspecified atom stereocenters. The highest BCUT2D eigenvalue weighted by molar-refractivity contribution is 8.18. The molecule has 0 spiro atoms. The van der Waals surface area contributed by atoms with Crippen LogP contribution in [0.3, 0.4) is 0 Å². The zero-order chi connectivity index (χ0) is 3.41. The normalized spacial score (nSPS) is 7.00. The van der Waals surface area contributed by atoms with Crippen molar-refractivity contribution in [1.29, 1.82) is 0 Å². The maximum atomic E-state index is 4.71. The third-order valence-corrected chi connectivity index (χ3v) is 0.204. The fraction of sp³-hybridized carbons (Fsp3) is 0. The van der Waals surface area contributed by atoms with E-state index in [1.54, 1.807) is 0 Å². The summed E-state index contributed by atoms with van der Waals surface area (Å²) in [6, 6.07) is 0. The van der Waals surface area contributed by atoms with Gasteiger partial charge < -0.3 is 4.63 Å². The summed E-state index contributed by atoms with van der Waals surface area (Å²) < 4.78 is 2.12. The Labute approximate surface area is 32.4 Å². The smallest absolute Gasteiger partial charge is 0.193 e. The Hall–Kier alpha value is 0.440. The van der Waals surface area contributed by atoms with Gasteiger partial charge in [-0.25, -0.2) is 0 Å². The first kappa shape index (κ1) is 4.44. The van der Waals surface area contributed by atoms with Crippen LogP contribution >= 0.6 is 11.8 Å². The van der Waals surface area contributed by atoms with Crippen molar-refractivity contribution in [3.8, 4) is 0 Å². The lowest BCUT2D eigenvalue weighted by molar-refractivity contribution is 1.75. The van der Waals surface area contributed by atoms with Crippen LogP contribution in [0.5, 0.6) is 0 Å². The van der Waals surface area contributed by atoms with Crippen LogP contribution in [0.4, 0.5) is 0 Å². The van der Waals surface area contributed by atoms with E-state index in [1.165, 1.54) is 0 Å². The molecule has 0 fully saturated rings. The summed E-state index contributed by atoms with van der Waals surface area (Å²) in [6.45, 7) is 0. The molecule has 0 aliphatic heterocycles.